The third-order valence-corrected chi connectivity index (χ3v) is 4.10. The first-order valence-electron chi connectivity index (χ1n) is 6.86. The molecule has 0 spiro atoms. The van der Waals surface area contributed by atoms with Crippen LogP contribution < -0.4 is 5.32 Å². The van der Waals surface area contributed by atoms with Crippen molar-refractivity contribution in [3.8, 4) is 0 Å². The Kier molecular flexibility index (Phi) is 6.82. The number of ether oxygens (including phenoxy) is 1. The zero-order chi connectivity index (χ0) is 13.5. The minimum absolute atomic E-state index is 0.165. The Morgan fingerprint density at radius 2 is 2.06 bits per heavy atom. The van der Waals surface area contributed by atoms with Gasteiger partial charge in [0.2, 0.25) is 0 Å². The van der Waals surface area contributed by atoms with Gasteiger partial charge in [0.05, 0.1) is 5.69 Å². The van der Waals surface area contributed by atoms with Crippen LogP contribution in [0.2, 0.25) is 0 Å². The molecule has 1 N–H and O–H groups in total. The van der Waals surface area contributed by atoms with E-state index in [9.17, 15) is 0 Å². The molecule has 0 amide bonds. The number of aryl methyl sites for hydroxylation is 1. The minimum atomic E-state index is 0.165. The predicted molar refractivity (Wildman–Crippen MR) is 78.1 cm³/mol. The summed E-state index contributed by atoms with van der Waals surface area (Å²) in [6.07, 6.45) is 3.33. The standard InChI is InChI=1S/C14H26N2OS/c1-6-8-12(17-5)14-16-11(7-2)13(18-14)9-15-10(3)4/h10,12,15H,6-9H2,1-5H3. The monoisotopic (exact) mass is 270 g/mol. The van der Waals surface area contributed by atoms with Gasteiger partial charge in [-0.2, -0.15) is 0 Å². The van der Waals surface area contributed by atoms with Gasteiger partial charge < -0.3 is 10.1 Å². The van der Waals surface area contributed by atoms with Gasteiger partial charge in [-0.25, -0.2) is 4.98 Å². The Balaban J connectivity index is 2.81. The summed E-state index contributed by atoms with van der Waals surface area (Å²) in [5.41, 5.74) is 1.22. The highest BCUT2D eigenvalue weighted by Crippen LogP contribution is 2.29. The quantitative estimate of drug-likeness (QED) is 0.782. The predicted octanol–water partition coefficient (Wildman–Crippen LogP) is 3.69. The fraction of sp³-hybridized carbons (Fsp3) is 0.786. The summed E-state index contributed by atoms with van der Waals surface area (Å²) in [6.45, 7) is 9.60. The molecule has 0 aliphatic heterocycles. The van der Waals surface area contributed by atoms with Crippen molar-refractivity contribution in [3.63, 3.8) is 0 Å². The Morgan fingerprint density at radius 3 is 2.56 bits per heavy atom. The van der Waals surface area contributed by atoms with E-state index in [0.717, 1.165) is 30.8 Å². The average Bonchev–Trinajstić information content (AvgIpc) is 2.76. The molecule has 18 heavy (non-hydrogen) atoms. The van der Waals surface area contributed by atoms with Gasteiger partial charge in [0.25, 0.3) is 0 Å². The molecule has 104 valence electrons. The smallest absolute Gasteiger partial charge is 0.122 e. The van der Waals surface area contributed by atoms with Crippen LogP contribution >= 0.6 is 11.3 Å². The molecule has 0 bridgehead atoms. The molecule has 0 fully saturated rings. The largest absolute Gasteiger partial charge is 0.374 e. The fourth-order valence-corrected chi connectivity index (χ4v) is 3.07. The topological polar surface area (TPSA) is 34.1 Å². The van der Waals surface area contributed by atoms with Crippen molar-refractivity contribution in [3.05, 3.63) is 15.6 Å². The highest BCUT2D eigenvalue weighted by atomic mass is 32.1. The molecular formula is C14H26N2OS. The lowest BCUT2D eigenvalue weighted by Crippen LogP contribution is -2.21. The van der Waals surface area contributed by atoms with Crippen molar-refractivity contribution in [2.45, 2.75) is 65.6 Å². The van der Waals surface area contributed by atoms with Gasteiger partial charge in [-0.05, 0) is 12.8 Å². The van der Waals surface area contributed by atoms with E-state index in [2.05, 4.69) is 33.0 Å². The first-order chi connectivity index (χ1) is 8.62. The zero-order valence-electron chi connectivity index (χ0n) is 12.2. The summed E-state index contributed by atoms with van der Waals surface area (Å²) in [5.74, 6) is 0. The normalized spacial score (nSPS) is 13.2. The maximum absolute atomic E-state index is 5.54. The molecule has 4 heteroatoms. The summed E-state index contributed by atoms with van der Waals surface area (Å²) < 4.78 is 5.54. The molecule has 1 unspecified atom stereocenters. The molecule has 0 aliphatic rings. The van der Waals surface area contributed by atoms with E-state index in [-0.39, 0.29) is 6.10 Å². The molecule has 1 aromatic heterocycles. The van der Waals surface area contributed by atoms with Gasteiger partial charge in [-0.15, -0.1) is 11.3 Å². The number of nitrogens with one attached hydrogen (secondary N) is 1. The molecule has 0 radical (unpaired) electrons. The first-order valence-corrected chi connectivity index (χ1v) is 7.68. The van der Waals surface area contributed by atoms with Gasteiger partial charge in [0.15, 0.2) is 0 Å². The number of methoxy groups -OCH3 is 1. The van der Waals surface area contributed by atoms with E-state index in [0.29, 0.717) is 6.04 Å². The lowest BCUT2D eigenvalue weighted by molar-refractivity contribution is 0.0946. The van der Waals surface area contributed by atoms with Crippen molar-refractivity contribution >= 4 is 11.3 Å². The molecule has 3 nitrogen and oxygen atoms in total. The van der Waals surface area contributed by atoms with Crippen molar-refractivity contribution < 1.29 is 4.74 Å². The van der Waals surface area contributed by atoms with Gasteiger partial charge >= 0.3 is 0 Å². The second-order valence-electron chi connectivity index (χ2n) is 4.82. The number of thiazole rings is 1. The van der Waals surface area contributed by atoms with Crippen LogP contribution in [0.5, 0.6) is 0 Å². The highest BCUT2D eigenvalue weighted by molar-refractivity contribution is 7.11. The zero-order valence-corrected chi connectivity index (χ0v) is 13.1. The first kappa shape index (κ1) is 15.6. The van der Waals surface area contributed by atoms with E-state index in [4.69, 9.17) is 9.72 Å². The van der Waals surface area contributed by atoms with E-state index < -0.39 is 0 Å². The maximum Gasteiger partial charge on any atom is 0.122 e. The number of nitrogens with zero attached hydrogens (tertiary/aromatic N) is 1. The third kappa shape index (κ3) is 4.34. The molecule has 0 saturated carbocycles. The summed E-state index contributed by atoms with van der Waals surface area (Å²) in [4.78, 5) is 6.11. The second kappa shape index (κ2) is 7.87. The SMILES string of the molecule is CCCC(OC)c1nc(CC)c(CNC(C)C)s1. The lowest BCUT2D eigenvalue weighted by atomic mass is 10.2. The summed E-state index contributed by atoms with van der Waals surface area (Å²) >= 11 is 1.80. The Bertz CT molecular complexity index is 350. The second-order valence-corrected chi connectivity index (χ2v) is 5.94. The molecule has 0 aliphatic carbocycles. The Morgan fingerprint density at radius 1 is 1.33 bits per heavy atom. The van der Waals surface area contributed by atoms with Crippen LogP contribution in [0.4, 0.5) is 0 Å². The lowest BCUT2D eigenvalue weighted by Gasteiger charge is -2.10. The van der Waals surface area contributed by atoms with E-state index >= 15 is 0 Å². The average molecular weight is 270 g/mol. The van der Waals surface area contributed by atoms with Crippen LogP contribution in [-0.2, 0) is 17.7 Å². The van der Waals surface area contributed by atoms with E-state index in [1.165, 1.54) is 10.6 Å². The van der Waals surface area contributed by atoms with Crippen molar-refractivity contribution in [2.24, 2.45) is 0 Å². The fourth-order valence-electron chi connectivity index (χ4n) is 1.86. The van der Waals surface area contributed by atoms with Gasteiger partial charge in [0.1, 0.15) is 11.1 Å². The summed E-state index contributed by atoms with van der Waals surface area (Å²) in [6, 6.07) is 0.508. The molecule has 1 heterocycles. The summed E-state index contributed by atoms with van der Waals surface area (Å²) in [5, 5.41) is 4.60. The molecule has 1 aromatic rings. The molecule has 0 saturated heterocycles. The van der Waals surface area contributed by atoms with Crippen LogP contribution in [0.1, 0.15) is 62.2 Å². The van der Waals surface area contributed by atoms with Crippen LogP contribution in [0.25, 0.3) is 0 Å². The number of hydrogen-bond donors (Lipinski definition) is 1. The highest BCUT2D eigenvalue weighted by Gasteiger charge is 2.17. The van der Waals surface area contributed by atoms with Crippen molar-refractivity contribution in [1.82, 2.24) is 10.3 Å². The third-order valence-electron chi connectivity index (χ3n) is 2.91. The molecule has 1 rings (SSSR count). The van der Waals surface area contributed by atoms with Crippen LogP contribution in [-0.4, -0.2) is 18.1 Å². The van der Waals surface area contributed by atoms with Crippen LogP contribution in [0.3, 0.4) is 0 Å². The van der Waals surface area contributed by atoms with Gasteiger partial charge in [0, 0.05) is 24.6 Å². The van der Waals surface area contributed by atoms with Crippen molar-refractivity contribution in [2.75, 3.05) is 7.11 Å². The number of rotatable bonds is 8. The molecule has 0 aromatic carbocycles. The number of hydrogen-bond acceptors (Lipinski definition) is 4. The number of aromatic nitrogens is 1. The Labute approximate surface area is 115 Å². The summed E-state index contributed by atoms with van der Waals surface area (Å²) in [7, 11) is 1.78. The van der Waals surface area contributed by atoms with Gasteiger partial charge in [-0.3, -0.25) is 0 Å². The maximum atomic E-state index is 5.54. The Hall–Kier alpha value is -0.450. The molecular weight excluding hydrogens is 244 g/mol. The van der Waals surface area contributed by atoms with E-state index in [1.807, 2.05) is 0 Å². The van der Waals surface area contributed by atoms with Crippen LogP contribution in [0, 0.1) is 0 Å². The van der Waals surface area contributed by atoms with Crippen LogP contribution in [0.15, 0.2) is 0 Å². The van der Waals surface area contributed by atoms with E-state index in [1.54, 1.807) is 18.4 Å². The van der Waals surface area contributed by atoms with Crippen molar-refractivity contribution in [1.29, 1.82) is 0 Å². The van der Waals surface area contributed by atoms with Gasteiger partial charge in [-0.1, -0.05) is 34.1 Å². The molecule has 1 atom stereocenters. The minimum Gasteiger partial charge on any atom is -0.374 e.